The van der Waals surface area contributed by atoms with Gasteiger partial charge in [-0.2, -0.15) is 0 Å². The van der Waals surface area contributed by atoms with Crippen LogP contribution in [-0.2, 0) is 0 Å². The van der Waals surface area contributed by atoms with Gasteiger partial charge in [-0.15, -0.1) is 11.8 Å². The molecule has 21 heavy (non-hydrogen) atoms. The van der Waals surface area contributed by atoms with Gasteiger partial charge in [0, 0.05) is 10.5 Å². The van der Waals surface area contributed by atoms with Gasteiger partial charge >= 0.3 is 0 Å². The van der Waals surface area contributed by atoms with Crippen molar-refractivity contribution in [2.75, 3.05) is 0 Å². The van der Waals surface area contributed by atoms with E-state index in [0.717, 1.165) is 5.56 Å². The van der Waals surface area contributed by atoms with E-state index in [4.69, 9.17) is 0 Å². The normalized spacial score (nSPS) is 12.0. The molecule has 0 spiro atoms. The van der Waals surface area contributed by atoms with E-state index >= 15 is 0 Å². The summed E-state index contributed by atoms with van der Waals surface area (Å²) in [4.78, 5) is 1.19. The molecular weight excluding hydrogens is 276 g/mol. The van der Waals surface area contributed by atoms with Crippen LogP contribution in [0.2, 0.25) is 0 Å². The first kappa shape index (κ1) is 13.8. The van der Waals surface area contributed by atoms with Gasteiger partial charge in [-0.25, -0.2) is 0 Å². The molecule has 0 heterocycles. The van der Waals surface area contributed by atoms with E-state index in [2.05, 4.69) is 24.3 Å². The lowest BCUT2D eigenvalue weighted by Crippen LogP contribution is -1.97. The van der Waals surface area contributed by atoms with Gasteiger partial charge in [0.05, 0.1) is 5.25 Å². The minimum Gasteiger partial charge on any atom is -0.508 e. The van der Waals surface area contributed by atoms with Crippen LogP contribution in [0, 0.1) is 0 Å². The zero-order chi connectivity index (χ0) is 14.5. The summed E-state index contributed by atoms with van der Waals surface area (Å²) >= 11 is 1.75. The largest absolute Gasteiger partial charge is 0.508 e. The smallest absolute Gasteiger partial charge is 0.120 e. The Morgan fingerprint density at radius 1 is 0.667 bits per heavy atom. The van der Waals surface area contributed by atoms with E-state index in [1.165, 1.54) is 10.5 Å². The molecule has 0 bridgehead atoms. The third-order valence-corrected chi connectivity index (χ3v) is 4.62. The molecule has 0 saturated heterocycles. The molecule has 0 aliphatic carbocycles. The Kier molecular flexibility index (Phi) is 4.27. The quantitative estimate of drug-likeness (QED) is 0.661. The monoisotopic (exact) mass is 292 g/mol. The number of para-hydroxylation sites is 1. The Bertz CT molecular complexity index is 695. The molecule has 3 rings (SSSR count). The van der Waals surface area contributed by atoms with Gasteiger partial charge in [0.1, 0.15) is 5.75 Å². The second-order valence-corrected chi connectivity index (χ2v) is 5.96. The van der Waals surface area contributed by atoms with Crippen molar-refractivity contribution in [1.29, 1.82) is 0 Å². The van der Waals surface area contributed by atoms with Crippen molar-refractivity contribution in [1.82, 2.24) is 0 Å². The lowest BCUT2D eigenvalue weighted by atomic mass is 10.0. The number of hydrogen-bond donors (Lipinski definition) is 1. The molecule has 0 amide bonds. The van der Waals surface area contributed by atoms with Gasteiger partial charge in [0.15, 0.2) is 0 Å². The fourth-order valence-electron chi connectivity index (χ4n) is 2.28. The molecule has 0 fully saturated rings. The number of thioether (sulfide) groups is 1. The maximum atomic E-state index is 10.2. The number of rotatable bonds is 4. The van der Waals surface area contributed by atoms with Crippen molar-refractivity contribution in [2.45, 2.75) is 10.1 Å². The van der Waals surface area contributed by atoms with Crippen LogP contribution in [-0.4, -0.2) is 5.11 Å². The van der Waals surface area contributed by atoms with Crippen molar-refractivity contribution >= 4 is 11.8 Å². The van der Waals surface area contributed by atoms with Crippen LogP contribution in [0.1, 0.15) is 16.4 Å². The van der Waals surface area contributed by atoms with E-state index in [9.17, 15) is 5.11 Å². The molecular formula is C19H16OS. The fraction of sp³-hybridized carbons (Fsp3) is 0.0526. The molecule has 3 aromatic carbocycles. The van der Waals surface area contributed by atoms with E-state index in [0.29, 0.717) is 5.75 Å². The highest BCUT2D eigenvalue weighted by molar-refractivity contribution is 7.99. The summed E-state index contributed by atoms with van der Waals surface area (Å²) in [5, 5.41) is 10.3. The third-order valence-electron chi connectivity index (χ3n) is 3.32. The first-order chi connectivity index (χ1) is 10.3. The van der Waals surface area contributed by atoms with Crippen molar-refractivity contribution < 1.29 is 5.11 Å². The molecule has 104 valence electrons. The highest BCUT2D eigenvalue weighted by atomic mass is 32.2. The van der Waals surface area contributed by atoms with Crippen molar-refractivity contribution in [3.63, 3.8) is 0 Å². The average Bonchev–Trinajstić information content (AvgIpc) is 2.55. The molecule has 2 heteroatoms. The minimum absolute atomic E-state index is 0.0785. The van der Waals surface area contributed by atoms with Crippen LogP contribution in [0.3, 0.4) is 0 Å². The van der Waals surface area contributed by atoms with Gasteiger partial charge in [-0.05, 0) is 23.8 Å². The number of phenols is 1. The molecule has 3 aromatic rings. The summed E-state index contributed by atoms with van der Waals surface area (Å²) in [5.41, 5.74) is 2.13. The Balaban J connectivity index is 2.02. The number of phenolic OH excluding ortho intramolecular Hbond substituents is 1. The molecule has 0 radical (unpaired) electrons. The topological polar surface area (TPSA) is 20.2 Å². The molecule has 1 atom stereocenters. The Hall–Kier alpha value is -2.19. The van der Waals surface area contributed by atoms with E-state index in [1.54, 1.807) is 17.8 Å². The molecule has 1 N–H and O–H groups in total. The van der Waals surface area contributed by atoms with Gasteiger partial charge in [0.25, 0.3) is 0 Å². The zero-order valence-electron chi connectivity index (χ0n) is 11.5. The summed E-state index contributed by atoms with van der Waals surface area (Å²) in [6, 6.07) is 28.1. The number of aromatic hydroxyl groups is 1. The Morgan fingerprint density at radius 3 is 1.90 bits per heavy atom. The third kappa shape index (κ3) is 3.29. The van der Waals surface area contributed by atoms with Crippen LogP contribution in [0.15, 0.2) is 89.8 Å². The number of benzene rings is 3. The average molecular weight is 292 g/mol. The maximum Gasteiger partial charge on any atom is 0.120 e. The predicted octanol–water partition coefficient (Wildman–Crippen LogP) is 5.27. The molecule has 0 saturated carbocycles. The van der Waals surface area contributed by atoms with Gasteiger partial charge < -0.3 is 5.11 Å². The second-order valence-electron chi connectivity index (χ2n) is 4.78. The first-order valence-corrected chi connectivity index (χ1v) is 7.77. The Labute approximate surface area is 129 Å². The summed E-state index contributed by atoms with van der Waals surface area (Å²) in [7, 11) is 0. The maximum absolute atomic E-state index is 10.2. The van der Waals surface area contributed by atoms with Gasteiger partial charge in [-0.3, -0.25) is 0 Å². The summed E-state index contributed by atoms with van der Waals surface area (Å²) < 4.78 is 0. The fourth-order valence-corrected chi connectivity index (χ4v) is 3.49. The summed E-state index contributed by atoms with van der Waals surface area (Å²) in [6.45, 7) is 0. The first-order valence-electron chi connectivity index (χ1n) is 6.89. The van der Waals surface area contributed by atoms with E-state index < -0.39 is 0 Å². The molecule has 0 aliphatic rings. The van der Waals surface area contributed by atoms with Crippen LogP contribution < -0.4 is 0 Å². The summed E-state index contributed by atoms with van der Waals surface area (Å²) in [6.07, 6.45) is 0. The van der Waals surface area contributed by atoms with Crippen molar-refractivity contribution in [3.8, 4) is 5.75 Å². The summed E-state index contributed by atoms with van der Waals surface area (Å²) in [5.74, 6) is 0.342. The van der Waals surface area contributed by atoms with Gasteiger partial charge in [0.2, 0.25) is 0 Å². The van der Waals surface area contributed by atoms with Crippen molar-refractivity contribution in [3.05, 3.63) is 96.1 Å². The standard InChI is InChI=1S/C19H16OS/c20-18-14-8-7-13-17(18)19(15-9-3-1-4-10-15)21-16-11-5-2-6-12-16/h1-14,19-20H. The molecule has 0 aliphatic heterocycles. The lowest BCUT2D eigenvalue weighted by Gasteiger charge is -2.18. The van der Waals surface area contributed by atoms with Crippen LogP contribution in [0.4, 0.5) is 0 Å². The molecule has 0 aromatic heterocycles. The predicted molar refractivity (Wildman–Crippen MR) is 88.7 cm³/mol. The lowest BCUT2D eigenvalue weighted by molar-refractivity contribution is 0.469. The van der Waals surface area contributed by atoms with Crippen LogP contribution in [0.5, 0.6) is 5.75 Å². The Morgan fingerprint density at radius 2 is 1.24 bits per heavy atom. The minimum atomic E-state index is 0.0785. The van der Waals surface area contributed by atoms with Crippen LogP contribution >= 0.6 is 11.8 Å². The second kappa shape index (κ2) is 6.51. The molecule has 1 unspecified atom stereocenters. The number of hydrogen-bond acceptors (Lipinski definition) is 2. The van der Waals surface area contributed by atoms with E-state index in [-0.39, 0.29) is 5.25 Å². The van der Waals surface area contributed by atoms with Crippen molar-refractivity contribution in [2.24, 2.45) is 0 Å². The highest BCUT2D eigenvalue weighted by Gasteiger charge is 2.18. The van der Waals surface area contributed by atoms with E-state index in [1.807, 2.05) is 54.6 Å². The molecule has 1 nitrogen and oxygen atoms in total. The SMILES string of the molecule is Oc1ccccc1C(Sc1ccccc1)c1ccccc1. The zero-order valence-corrected chi connectivity index (χ0v) is 12.3. The van der Waals surface area contributed by atoms with Gasteiger partial charge in [-0.1, -0.05) is 66.7 Å². The van der Waals surface area contributed by atoms with Crippen LogP contribution in [0.25, 0.3) is 0 Å². The highest BCUT2D eigenvalue weighted by Crippen LogP contribution is 2.43.